The first-order valence-electron chi connectivity index (χ1n) is 12.1. The van der Waals surface area contributed by atoms with Gasteiger partial charge in [-0.1, -0.05) is 19.9 Å². The molecule has 0 amide bonds. The molecular formula is C28H39ClN2O5. The Morgan fingerprint density at radius 1 is 1.06 bits per heavy atom. The van der Waals surface area contributed by atoms with Crippen molar-refractivity contribution in [1.82, 2.24) is 4.90 Å². The van der Waals surface area contributed by atoms with E-state index >= 15 is 0 Å². The van der Waals surface area contributed by atoms with E-state index in [0.717, 1.165) is 29.8 Å². The summed E-state index contributed by atoms with van der Waals surface area (Å²) in [6.07, 6.45) is 1.57. The fourth-order valence-corrected chi connectivity index (χ4v) is 4.78. The van der Waals surface area contributed by atoms with Crippen LogP contribution in [0.5, 0.6) is 23.0 Å². The molecule has 198 valence electrons. The van der Waals surface area contributed by atoms with E-state index < -0.39 is 5.41 Å². The summed E-state index contributed by atoms with van der Waals surface area (Å²) in [5, 5.41) is 10.4. The summed E-state index contributed by atoms with van der Waals surface area (Å²) < 4.78 is 27.6. The van der Waals surface area contributed by atoms with Crippen LogP contribution in [-0.2, 0) is 16.8 Å². The molecule has 1 aliphatic rings. The van der Waals surface area contributed by atoms with Crippen LogP contribution in [0.1, 0.15) is 56.3 Å². The van der Waals surface area contributed by atoms with Gasteiger partial charge in [0.15, 0.2) is 18.3 Å². The van der Waals surface area contributed by atoms with E-state index in [2.05, 4.69) is 50.9 Å². The lowest BCUT2D eigenvalue weighted by molar-refractivity contribution is -0.0164. The van der Waals surface area contributed by atoms with Gasteiger partial charge >= 0.3 is 0 Å². The SMILES string of the molecule is COc1cc(C(C#N)(CCCN(C)C(C)c2ccc3c(c2)COCO3)C(C)C)cc(OC)c1OC.Cl. The monoisotopic (exact) mass is 518 g/mol. The molecule has 0 bridgehead atoms. The third-order valence-corrected chi connectivity index (χ3v) is 7.23. The Morgan fingerprint density at radius 3 is 2.28 bits per heavy atom. The predicted molar refractivity (Wildman–Crippen MR) is 142 cm³/mol. The number of hydrogen-bond acceptors (Lipinski definition) is 7. The summed E-state index contributed by atoms with van der Waals surface area (Å²) in [7, 11) is 6.90. The molecule has 0 saturated heterocycles. The maximum atomic E-state index is 10.4. The van der Waals surface area contributed by atoms with Crippen molar-refractivity contribution in [2.75, 3.05) is 41.7 Å². The van der Waals surface area contributed by atoms with E-state index in [4.69, 9.17) is 23.7 Å². The van der Waals surface area contributed by atoms with Gasteiger partial charge in [0.05, 0.1) is 39.4 Å². The van der Waals surface area contributed by atoms with Gasteiger partial charge in [-0.25, -0.2) is 0 Å². The quantitative estimate of drug-likeness (QED) is 0.367. The third kappa shape index (κ3) is 6.00. The smallest absolute Gasteiger partial charge is 0.203 e. The predicted octanol–water partition coefficient (Wildman–Crippen LogP) is 5.89. The minimum Gasteiger partial charge on any atom is -0.493 e. The van der Waals surface area contributed by atoms with Gasteiger partial charge in [0.2, 0.25) is 5.75 Å². The first kappa shape index (κ1) is 29.6. The molecule has 2 atom stereocenters. The number of methoxy groups -OCH3 is 3. The zero-order valence-electron chi connectivity index (χ0n) is 22.4. The number of ether oxygens (including phenoxy) is 5. The van der Waals surface area contributed by atoms with Gasteiger partial charge in [-0.05, 0) is 74.7 Å². The van der Waals surface area contributed by atoms with Crippen LogP contribution in [0.25, 0.3) is 0 Å². The van der Waals surface area contributed by atoms with Crippen molar-refractivity contribution in [2.24, 2.45) is 5.92 Å². The topological polar surface area (TPSA) is 73.2 Å². The average Bonchev–Trinajstić information content (AvgIpc) is 2.89. The lowest BCUT2D eigenvalue weighted by Crippen LogP contribution is -2.33. The molecule has 2 aromatic carbocycles. The van der Waals surface area contributed by atoms with Crippen molar-refractivity contribution in [3.8, 4) is 29.1 Å². The van der Waals surface area contributed by atoms with E-state index in [9.17, 15) is 5.26 Å². The molecule has 0 aliphatic carbocycles. The summed E-state index contributed by atoms with van der Waals surface area (Å²) >= 11 is 0. The van der Waals surface area contributed by atoms with Crippen LogP contribution in [0.2, 0.25) is 0 Å². The van der Waals surface area contributed by atoms with Crippen LogP contribution in [0, 0.1) is 17.2 Å². The van der Waals surface area contributed by atoms with Gasteiger partial charge in [-0.3, -0.25) is 4.90 Å². The van der Waals surface area contributed by atoms with E-state index in [1.165, 1.54) is 5.56 Å². The molecule has 0 fully saturated rings. The zero-order chi connectivity index (χ0) is 25.6. The fourth-order valence-electron chi connectivity index (χ4n) is 4.78. The molecule has 0 saturated carbocycles. The second kappa shape index (κ2) is 13.0. The third-order valence-electron chi connectivity index (χ3n) is 7.23. The van der Waals surface area contributed by atoms with Crippen LogP contribution in [0.15, 0.2) is 30.3 Å². The maximum Gasteiger partial charge on any atom is 0.203 e. The summed E-state index contributed by atoms with van der Waals surface area (Å²) in [5.74, 6) is 2.65. The number of nitrogens with zero attached hydrogens (tertiary/aromatic N) is 2. The van der Waals surface area contributed by atoms with Crippen molar-refractivity contribution >= 4 is 12.4 Å². The van der Waals surface area contributed by atoms with E-state index in [-0.39, 0.29) is 24.4 Å². The van der Waals surface area contributed by atoms with Crippen molar-refractivity contribution < 1.29 is 23.7 Å². The van der Waals surface area contributed by atoms with E-state index in [0.29, 0.717) is 37.1 Å². The summed E-state index contributed by atoms with van der Waals surface area (Å²) in [6.45, 7) is 8.13. The number of rotatable bonds is 11. The van der Waals surface area contributed by atoms with Gasteiger partial charge in [0, 0.05) is 11.6 Å². The molecular weight excluding hydrogens is 480 g/mol. The Morgan fingerprint density at radius 2 is 1.72 bits per heavy atom. The lowest BCUT2D eigenvalue weighted by Gasteiger charge is -2.33. The molecule has 0 N–H and O–H groups in total. The molecule has 36 heavy (non-hydrogen) atoms. The number of hydrogen-bond donors (Lipinski definition) is 0. The molecule has 8 heteroatoms. The molecule has 2 aromatic rings. The number of nitriles is 1. The van der Waals surface area contributed by atoms with Gasteiger partial charge in [0.25, 0.3) is 0 Å². The second-order valence-electron chi connectivity index (χ2n) is 9.39. The number of halogens is 1. The first-order chi connectivity index (χ1) is 16.8. The van der Waals surface area contributed by atoms with Gasteiger partial charge in [-0.15, -0.1) is 12.4 Å². The van der Waals surface area contributed by atoms with Crippen molar-refractivity contribution in [1.29, 1.82) is 5.26 Å². The average molecular weight is 519 g/mol. The van der Waals surface area contributed by atoms with Crippen molar-refractivity contribution in [3.63, 3.8) is 0 Å². The standard InChI is InChI=1S/C28H38N2O5.ClH/c1-19(2)28(17-29,23-14-25(31-5)27(33-7)26(15-23)32-6)11-8-12-30(4)20(3)21-9-10-24-22(13-21)16-34-18-35-24;/h9-10,13-15,19-20H,8,11-12,16,18H2,1-7H3;1H. The van der Waals surface area contributed by atoms with Crippen molar-refractivity contribution in [2.45, 2.75) is 51.7 Å². The van der Waals surface area contributed by atoms with Gasteiger partial charge < -0.3 is 23.7 Å². The van der Waals surface area contributed by atoms with Gasteiger partial charge in [0.1, 0.15) is 5.75 Å². The fraction of sp³-hybridized carbons (Fsp3) is 0.536. The minimum atomic E-state index is -0.683. The molecule has 1 heterocycles. The summed E-state index contributed by atoms with van der Waals surface area (Å²) in [5.41, 5.74) is 2.51. The zero-order valence-corrected chi connectivity index (χ0v) is 23.2. The Bertz CT molecular complexity index is 1030. The second-order valence-corrected chi connectivity index (χ2v) is 9.39. The maximum absolute atomic E-state index is 10.4. The largest absolute Gasteiger partial charge is 0.493 e. The van der Waals surface area contributed by atoms with Crippen molar-refractivity contribution in [3.05, 3.63) is 47.0 Å². The molecule has 3 rings (SSSR count). The normalized spacial score (nSPS) is 15.1. The van der Waals surface area contributed by atoms with Crippen LogP contribution in [-0.4, -0.2) is 46.6 Å². The Labute approximate surface area is 221 Å². The Balaban J connectivity index is 0.00000456. The molecule has 0 aromatic heterocycles. The van der Waals surface area contributed by atoms with E-state index in [1.54, 1.807) is 21.3 Å². The Kier molecular flexibility index (Phi) is 10.7. The highest BCUT2D eigenvalue weighted by atomic mass is 35.5. The van der Waals surface area contributed by atoms with E-state index in [1.807, 2.05) is 18.2 Å². The number of fused-ring (bicyclic) bond motifs is 1. The highest BCUT2D eigenvalue weighted by molar-refractivity contribution is 5.85. The number of benzene rings is 2. The molecule has 7 nitrogen and oxygen atoms in total. The molecule has 0 spiro atoms. The van der Waals surface area contributed by atoms with Gasteiger partial charge in [-0.2, -0.15) is 5.26 Å². The van der Waals surface area contributed by atoms with Crippen LogP contribution < -0.4 is 18.9 Å². The highest BCUT2D eigenvalue weighted by Crippen LogP contribution is 2.45. The molecule has 0 radical (unpaired) electrons. The first-order valence-corrected chi connectivity index (χ1v) is 12.1. The Hall–Kier alpha value is -2.66. The summed E-state index contributed by atoms with van der Waals surface area (Å²) in [4.78, 5) is 2.32. The van der Waals surface area contributed by atoms with Crippen LogP contribution >= 0.6 is 12.4 Å². The minimum absolute atomic E-state index is 0. The highest BCUT2D eigenvalue weighted by Gasteiger charge is 2.37. The summed E-state index contributed by atoms with van der Waals surface area (Å²) in [6, 6.07) is 13.0. The lowest BCUT2D eigenvalue weighted by atomic mass is 9.69. The molecule has 1 aliphatic heterocycles. The van der Waals surface area contributed by atoms with Crippen LogP contribution in [0.3, 0.4) is 0 Å². The van der Waals surface area contributed by atoms with Crippen LogP contribution in [0.4, 0.5) is 0 Å². The molecule has 2 unspecified atom stereocenters.